The van der Waals surface area contributed by atoms with Crippen molar-refractivity contribution < 1.29 is 9.32 Å². The molecule has 0 spiro atoms. The number of rotatable bonds is 8. The standard InChI is InChI=1S/C22H21N7O2/c1-2-3-6-17(12-23)22(30)24-13-20-27-21(28-31-20)16-8-4-7-15(11-16)18-14-29-19(26-18)9-5-10-25-29/h4-5,7-11,14,17H,2-3,6,13H2,1H3,(H,24,30). The number of hydrogen-bond donors (Lipinski definition) is 1. The summed E-state index contributed by atoms with van der Waals surface area (Å²) < 4.78 is 6.98. The third-order valence-electron chi connectivity index (χ3n) is 4.85. The highest BCUT2D eigenvalue weighted by atomic mass is 16.5. The Labute approximate surface area is 178 Å². The zero-order chi connectivity index (χ0) is 21.6. The van der Waals surface area contributed by atoms with Crippen LogP contribution in [0.25, 0.3) is 28.3 Å². The first-order valence-corrected chi connectivity index (χ1v) is 10.1. The maximum Gasteiger partial charge on any atom is 0.246 e. The van der Waals surface area contributed by atoms with Gasteiger partial charge in [0.2, 0.25) is 17.6 Å². The van der Waals surface area contributed by atoms with Crippen LogP contribution in [0.2, 0.25) is 0 Å². The molecule has 0 saturated carbocycles. The zero-order valence-corrected chi connectivity index (χ0v) is 17.0. The second-order valence-corrected chi connectivity index (χ2v) is 7.09. The van der Waals surface area contributed by atoms with Crippen LogP contribution in [0, 0.1) is 17.2 Å². The normalized spacial score (nSPS) is 11.9. The lowest BCUT2D eigenvalue weighted by Gasteiger charge is -2.07. The number of benzene rings is 1. The average molecular weight is 415 g/mol. The van der Waals surface area contributed by atoms with Crippen LogP contribution >= 0.6 is 0 Å². The first-order valence-electron chi connectivity index (χ1n) is 10.1. The van der Waals surface area contributed by atoms with E-state index in [2.05, 4.69) is 25.5 Å². The lowest BCUT2D eigenvalue weighted by Crippen LogP contribution is -2.29. The van der Waals surface area contributed by atoms with Crippen molar-refractivity contribution in [2.75, 3.05) is 0 Å². The summed E-state index contributed by atoms with van der Waals surface area (Å²) in [7, 11) is 0. The van der Waals surface area contributed by atoms with E-state index in [1.54, 1.807) is 10.7 Å². The molecule has 31 heavy (non-hydrogen) atoms. The molecule has 0 radical (unpaired) electrons. The molecule has 156 valence electrons. The van der Waals surface area contributed by atoms with E-state index >= 15 is 0 Å². The first kappa shape index (κ1) is 20.2. The number of unbranched alkanes of at least 4 members (excludes halogenated alkanes) is 1. The summed E-state index contributed by atoms with van der Waals surface area (Å²) in [5, 5.41) is 20.1. The molecule has 0 aliphatic carbocycles. The summed E-state index contributed by atoms with van der Waals surface area (Å²) >= 11 is 0. The number of carbonyl (C=O) groups is 1. The highest BCUT2D eigenvalue weighted by molar-refractivity contribution is 5.80. The van der Waals surface area contributed by atoms with E-state index < -0.39 is 5.92 Å². The van der Waals surface area contributed by atoms with Crippen molar-refractivity contribution in [1.82, 2.24) is 30.1 Å². The fourth-order valence-electron chi connectivity index (χ4n) is 3.18. The monoisotopic (exact) mass is 415 g/mol. The Balaban J connectivity index is 1.46. The van der Waals surface area contributed by atoms with E-state index in [0.29, 0.717) is 12.2 Å². The van der Waals surface area contributed by atoms with E-state index in [4.69, 9.17) is 9.78 Å². The molecule has 0 saturated heterocycles. The molecule has 1 unspecified atom stereocenters. The van der Waals surface area contributed by atoms with E-state index in [9.17, 15) is 4.79 Å². The largest absolute Gasteiger partial charge is 0.346 e. The van der Waals surface area contributed by atoms with Gasteiger partial charge >= 0.3 is 0 Å². The number of nitriles is 1. The van der Waals surface area contributed by atoms with Crippen LogP contribution in [-0.2, 0) is 11.3 Å². The van der Waals surface area contributed by atoms with E-state index in [1.165, 1.54) is 0 Å². The fraction of sp³-hybridized carbons (Fsp3) is 0.273. The van der Waals surface area contributed by atoms with Crippen molar-refractivity contribution in [2.24, 2.45) is 5.92 Å². The van der Waals surface area contributed by atoms with Gasteiger partial charge < -0.3 is 9.84 Å². The van der Waals surface area contributed by atoms with Crippen molar-refractivity contribution in [3.63, 3.8) is 0 Å². The number of imidazole rings is 1. The van der Waals surface area contributed by atoms with Gasteiger partial charge in [-0.05, 0) is 24.6 Å². The van der Waals surface area contributed by atoms with Gasteiger partial charge in [0, 0.05) is 17.3 Å². The van der Waals surface area contributed by atoms with Crippen molar-refractivity contribution in [1.29, 1.82) is 5.26 Å². The molecule has 1 atom stereocenters. The Hall–Kier alpha value is -4.06. The second-order valence-electron chi connectivity index (χ2n) is 7.09. The number of amides is 1. The predicted molar refractivity (Wildman–Crippen MR) is 112 cm³/mol. The number of hydrogen-bond acceptors (Lipinski definition) is 7. The van der Waals surface area contributed by atoms with Gasteiger partial charge in [-0.3, -0.25) is 4.79 Å². The first-order chi connectivity index (χ1) is 15.2. The molecule has 3 aromatic heterocycles. The van der Waals surface area contributed by atoms with Crippen LogP contribution in [0.3, 0.4) is 0 Å². The predicted octanol–water partition coefficient (Wildman–Crippen LogP) is 3.39. The molecule has 1 aromatic carbocycles. The van der Waals surface area contributed by atoms with Crippen LogP contribution in [0.4, 0.5) is 0 Å². The lowest BCUT2D eigenvalue weighted by atomic mass is 10.0. The van der Waals surface area contributed by atoms with Gasteiger partial charge in [-0.25, -0.2) is 9.50 Å². The van der Waals surface area contributed by atoms with Crippen LogP contribution in [0.1, 0.15) is 32.1 Å². The van der Waals surface area contributed by atoms with E-state index in [1.807, 2.05) is 55.6 Å². The smallest absolute Gasteiger partial charge is 0.246 e. The van der Waals surface area contributed by atoms with Crippen LogP contribution in [0.5, 0.6) is 0 Å². The number of carbonyl (C=O) groups excluding carboxylic acids is 1. The van der Waals surface area contributed by atoms with Crippen molar-refractivity contribution >= 4 is 11.6 Å². The molecule has 1 amide bonds. The molecular weight excluding hydrogens is 394 g/mol. The van der Waals surface area contributed by atoms with Crippen LogP contribution < -0.4 is 5.32 Å². The minimum absolute atomic E-state index is 0.0773. The van der Waals surface area contributed by atoms with Gasteiger partial charge in [0.1, 0.15) is 5.92 Å². The molecule has 9 heteroatoms. The topological polar surface area (TPSA) is 122 Å². The zero-order valence-electron chi connectivity index (χ0n) is 17.0. The molecular formula is C22H21N7O2. The Morgan fingerprint density at radius 3 is 2.94 bits per heavy atom. The highest BCUT2D eigenvalue weighted by Gasteiger charge is 2.18. The summed E-state index contributed by atoms with van der Waals surface area (Å²) in [5.41, 5.74) is 3.21. The van der Waals surface area contributed by atoms with Gasteiger partial charge in [0.05, 0.1) is 24.5 Å². The molecule has 9 nitrogen and oxygen atoms in total. The summed E-state index contributed by atoms with van der Waals surface area (Å²) in [6, 6.07) is 13.4. The summed E-state index contributed by atoms with van der Waals surface area (Å²) in [5.74, 6) is -0.300. The van der Waals surface area contributed by atoms with Crippen LogP contribution in [-0.4, -0.2) is 30.6 Å². The molecule has 0 fully saturated rings. The molecule has 0 aliphatic heterocycles. The summed E-state index contributed by atoms with van der Waals surface area (Å²) in [6.07, 6.45) is 5.87. The molecule has 3 heterocycles. The minimum Gasteiger partial charge on any atom is -0.346 e. The highest BCUT2D eigenvalue weighted by Crippen LogP contribution is 2.24. The number of nitrogens with one attached hydrogen (secondary N) is 1. The van der Waals surface area contributed by atoms with Gasteiger partial charge in [-0.1, -0.05) is 43.1 Å². The van der Waals surface area contributed by atoms with E-state index in [-0.39, 0.29) is 18.3 Å². The maximum absolute atomic E-state index is 12.2. The van der Waals surface area contributed by atoms with Gasteiger partial charge in [0.25, 0.3) is 0 Å². The van der Waals surface area contributed by atoms with Crippen molar-refractivity contribution in [3.05, 3.63) is 54.7 Å². The average Bonchev–Trinajstić information content (AvgIpc) is 3.45. The Bertz CT molecular complexity index is 1200. The Kier molecular flexibility index (Phi) is 5.98. The maximum atomic E-state index is 12.2. The number of nitrogens with zero attached hydrogens (tertiary/aromatic N) is 6. The fourth-order valence-corrected chi connectivity index (χ4v) is 3.18. The third kappa shape index (κ3) is 4.59. The quantitative estimate of drug-likeness (QED) is 0.468. The van der Waals surface area contributed by atoms with Crippen molar-refractivity contribution in [3.8, 4) is 28.7 Å². The molecule has 0 bridgehead atoms. The Morgan fingerprint density at radius 1 is 1.26 bits per heavy atom. The van der Waals surface area contributed by atoms with Gasteiger partial charge in [-0.15, -0.1) is 0 Å². The Morgan fingerprint density at radius 2 is 2.13 bits per heavy atom. The number of fused-ring (bicyclic) bond motifs is 1. The van der Waals surface area contributed by atoms with Crippen LogP contribution in [0.15, 0.2) is 53.3 Å². The summed E-state index contributed by atoms with van der Waals surface area (Å²) in [6.45, 7) is 2.10. The van der Waals surface area contributed by atoms with E-state index in [0.717, 1.165) is 35.3 Å². The minimum atomic E-state index is -0.668. The molecule has 4 rings (SSSR count). The molecule has 0 aliphatic rings. The lowest BCUT2D eigenvalue weighted by molar-refractivity contribution is -0.123. The second kappa shape index (κ2) is 9.17. The molecule has 4 aromatic rings. The van der Waals surface area contributed by atoms with Crippen molar-refractivity contribution in [2.45, 2.75) is 32.7 Å². The third-order valence-corrected chi connectivity index (χ3v) is 4.85. The molecule has 1 N–H and O–H groups in total. The van der Waals surface area contributed by atoms with Gasteiger partial charge in [-0.2, -0.15) is 15.3 Å². The van der Waals surface area contributed by atoms with Gasteiger partial charge in [0.15, 0.2) is 5.65 Å². The number of aromatic nitrogens is 5. The summed E-state index contributed by atoms with van der Waals surface area (Å²) in [4.78, 5) is 21.1. The SMILES string of the molecule is CCCCC(C#N)C(=O)NCc1nc(-c2cccc(-c3cn4ncccc4n3)c2)no1.